The Morgan fingerprint density at radius 1 is 1.21 bits per heavy atom. The number of rotatable bonds is 6. The first kappa shape index (κ1) is 21.2. The highest BCUT2D eigenvalue weighted by molar-refractivity contribution is 14.0. The molecule has 0 aromatic heterocycles. The Balaban J connectivity index is 0.00000288. The van der Waals surface area contributed by atoms with Gasteiger partial charge in [-0.25, -0.2) is 0 Å². The van der Waals surface area contributed by atoms with Crippen LogP contribution in [0.15, 0.2) is 35.3 Å². The number of guanidine groups is 1. The van der Waals surface area contributed by atoms with Gasteiger partial charge in [-0.15, -0.1) is 24.0 Å². The van der Waals surface area contributed by atoms with Gasteiger partial charge in [-0.05, 0) is 44.1 Å². The van der Waals surface area contributed by atoms with Gasteiger partial charge in [0.15, 0.2) is 5.96 Å². The zero-order chi connectivity index (χ0) is 16.5. The molecule has 1 unspecified atom stereocenters. The molecule has 0 spiro atoms. The summed E-state index contributed by atoms with van der Waals surface area (Å²) >= 11 is 0. The number of halogens is 1. The predicted molar refractivity (Wildman–Crippen MR) is 112 cm³/mol. The van der Waals surface area contributed by atoms with E-state index in [2.05, 4.69) is 29.5 Å². The van der Waals surface area contributed by atoms with Crippen molar-refractivity contribution in [1.82, 2.24) is 10.6 Å². The molecule has 1 aliphatic rings. The monoisotopic (exact) mass is 445 g/mol. The van der Waals surface area contributed by atoms with Gasteiger partial charge in [0, 0.05) is 19.0 Å². The number of benzene rings is 1. The van der Waals surface area contributed by atoms with Crippen LogP contribution in [0.2, 0.25) is 0 Å². The molecule has 0 saturated heterocycles. The topological polar surface area (TPSA) is 56.7 Å². The molecule has 0 bridgehead atoms. The second-order valence-corrected chi connectivity index (χ2v) is 6.66. The second kappa shape index (κ2) is 11.7. The molecule has 1 atom stereocenters. The Labute approximate surface area is 163 Å². The molecule has 0 amide bonds. The van der Waals surface area contributed by atoms with E-state index in [9.17, 15) is 5.11 Å². The molecule has 3 N–H and O–H groups in total. The Hall–Kier alpha value is -0.820. The van der Waals surface area contributed by atoms with Crippen LogP contribution in [0.5, 0.6) is 0 Å². The van der Waals surface area contributed by atoms with Crippen LogP contribution in [0.3, 0.4) is 0 Å². The lowest BCUT2D eigenvalue weighted by Crippen LogP contribution is -2.45. The maximum Gasteiger partial charge on any atom is 0.191 e. The summed E-state index contributed by atoms with van der Waals surface area (Å²) in [6.07, 6.45) is 5.18. The van der Waals surface area contributed by atoms with Gasteiger partial charge in [0.05, 0.1) is 12.6 Å². The molecule has 1 aliphatic carbocycles. The summed E-state index contributed by atoms with van der Waals surface area (Å²) in [4.78, 5) is 4.57. The maximum atomic E-state index is 10.2. The summed E-state index contributed by atoms with van der Waals surface area (Å²) in [5, 5.41) is 17.0. The fraction of sp³-hybridized carbons (Fsp3) is 0.632. The highest BCUT2D eigenvalue weighted by Gasteiger charge is 2.19. The summed E-state index contributed by atoms with van der Waals surface area (Å²) in [6, 6.07) is 10.6. The number of nitrogens with one attached hydrogen (secondary N) is 2. The highest BCUT2D eigenvalue weighted by Crippen LogP contribution is 2.23. The lowest BCUT2D eigenvalue weighted by atomic mass is 9.87. The van der Waals surface area contributed by atoms with E-state index in [4.69, 9.17) is 0 Å². The summed E-state index contributed by atoms with van der Waals surface area (Å²) in [5.74, 6) is 1.68. The van der Waals surface area contributed by atoms with E-state index >= 15 is 0 Å². The molecular weight excluding hydrogens is 413 g/mol. The molecule has 0 aliphatic heterocycles. The Morgan fingerprint density at radius 2 is 1.88 bits per heavy atom. The van der Waals surface area contributed by atoms with Crippen molar-refractivity contribution in [3.05, 3.63) is 35.9 Å². The van der Waals surface area contributed by atoms with Crippen LogP contribution in [0.1, 0.15) is 45.1 Å². The van der Waals surface area contributed by atoms with Crippen LogP contribution < -0.4 is 10.6 Å². The van der Waals surface area contributed by atoms with Gasteiger partial charge in [0.25, 0.3) is 0 Å². The van der Waals surface area contributed by atoms with Crippen LogP contribution in [0, 0.1) is 5.92 Å². The fourth-order valence-corrected chi connectivity index (χ4v) is 3.07. The van der Waals surface area contributed by atoms with Gasteiger partial charge in [-0.2, -0.15) is 0 Å². The summed E-state index contributed by atoms with van der Waals surface area (Å²) < 4.78 is 0. The Kier molecular flexibility index (Phi) is 10.3. The fourth-order valence-electron chi connectivity index (χ4n) is 3.07. The van der Waals surface area contributed by atoms with Crippen molar-refractivity contribution < 1.29 is 5.11 Å². The standard InChI is InChI=1S/C19H31N3O.HI/c1-3-20-19(22-17-11-9-15(2)10-12-17)21-14-18(23)13-16-7-5-4-6-8-16;/h4-8,15,17-18,23H,3,9-14H2,1-2H3,(H2,20,21,22);1H. The average molecular weight is 445 g/mol. The third-order valence-electron chi connectivity index (χ3n) is 4.48. The van der Waals surface area contributed by atoms with Crippen molar-refractivity contribution in [2.45, 2.75) is 58.1 Å². The zero-order valence-electron chi connectivity index (χ0n) is 14.9. The van der Waals surface area contributed by atoms with Crippen molar-refractivity contribution in [2.75, 3.05) is 13.1 Å². The highest BCUT2D eigenvalue weighted by atomic mass is 127. The number of aliphatic imine (C=N–C) groups is 1. The van der Waals surface area contributed by atoms with Crippen LogP contribution >= 0.6 is 24.0 Å². The lowest BCUT2D eigenvalue weighted by Gasteiger charge is -2.28. The van der Waals surface area contributed by atoms with Crippen LogP contribution in [0.4, 0.5) is 0 Å². The summed E-state index contributed by atoms with van der Waals surface area (Å²) in [7, 11) is 0. The quantitative estimate of drug-likeness (QED) is 0.358. The zero-order valence-corrected chi connectivity index (χ0v) is 17.2. The van der Waals surface area contributed by atoms with Gasteiger partial charge >= 0.3 is 0 Å². The van der Waals surface area contributed by atoms with Crippen molar-refractivity contribution in [3.8, 4) is 0 Å². The smallest absolute Gasteiger partial charge is 0.191 e. The first-order valence-electron chi connectivity index (χ1n) is 8.94. The van der Waals surface area contributed by atoms with Gasteiger partial charge in [-0.3, -0.25) is 4.99 Å². The summed E-state index contributed by atoms with van der Waals surface area (Å²) in [5.41, 5.74) is 1.15. The van der Waals surface area contributed by atoms with E-state index in [0.717, 1.165) is 24.0 Å². The number of hydrogen-bond donors (Lipinski definition) is 3. The Bertz CT molecular complexity index is 473. The lowest BCUT2D eigenvalue weighted by molar-refractivity contribution is 0.183. The molecule has 1 fully saturated rings. The van der Waals surface area contributed by atoms with Gasteiger partial charge in [0.1, 0.15) is 0 Å². The molecule has 2 rings (SSSR count). The molecule has 1 saturated carbocycles. The van der Waals surface area contributed by atoms with E-state index < -0.39 is 6.10 Å². The number of aliphatic hydroxyl groups is 1. The SMILES string of the molecule is CCNC(=NCC(O)Cc1ccccc1)NC1CCC(C)CC1.I. The average Bonchev–Trinajstić information content (AvgIpc) is 2.56. The van der Waals surface area contributed by atoms with E-state index in [1.807, 2.05) is 30.3 Å². The van der Waals surface area contributed by atoms with Crippen LogP contribution in [-0.4, -0.2) is 36.3 Å². The van der Waals surface area contributed by atoms with E-state index in [1.165, 1.54) is 25.7 Å². The van der Waals surface area contributed by atoms with Gasteiger partial charge < -0.3 is 15.7 Å². The minimum absolute atomic E-state index is 0. The third-order valence-corrected chi connectivity index (χ3v) is 4.48. The third kappa shape index (κ3) is 7.83. The van der Waals surface area contributed by atoms with Gasteiger partial charge in [-0.1, -0.05) is 37.3 Å². The molecule has 136 valence electrons. The molecule has 4 nitrogen and oxygen atoms in total. The molecule has 5 heteroatoms. The van der Waals surface area contributed by atoms with Crippen molar-refractivity contribution in [2.24, 2.45) is 10.9 Å². The number of aliphatic hydroxyl groups excluding tert-OH is 1. The first-order chi connectivity index (χ1) is 11.2. The maximum absolute atomic E-state index is 10.2. The van der Waals surface area contributed by atoms with Crippen LogP contribution in [0.25, 0.3) is 0 Å². The van der Waals surface area contributed by atoms with Crippen molar-refractivity contribution >= 4 is 29.9 Å². The van der Waals surface area contributed by atoms with Gasteiger partial charge in [0.2, 0.25) is 0 Å². The summed E-state index contributed by atoms with van der Waals surface area (Å²) in [6.45, 7) is 5.66. The van der Waals surface area contributed by atoms with E-state index in [-0.39, 0.29) is 24.0 Å². The van der Waals surface area contributed by atoms with E-state index in [1.54, 1.807) is 0 Å². The largest absolute Gasteiger partial charge is 0.391 e. The van der Waals surface area contributed by atoms with Crippen LogP contribution in [-0.2, 0) is 6.42 Å². The molecule has 1 aromatic carbocycles. The second-order valence-electron chi connectivity index (χ2n) is 6.66. The molecule has 1 aromatic rings. The molecule has 0 radical (unpaired) electrons. The normalized spacial score (nSPS) is 22.4. The molecule has 0 heterocycles. The minimum Gasteiger partial charge on any atom is -0.391 e. The first-order valence-corrected chi connectivity index (χ1v) is 8.94. The Morgan fingerprint density at radius 3 is 2.50 bits per heavy atom. The molecular formula is C19H32IN3O. The number of hydrogen-bond acceptors (Lipinski definition) is 2. The van der Waals surface area contributed by atoms with Crippen molar-refractivity contribution in [3.63, 3.8) is 0 Å². The minimum atomic E-state index is -0.445. The number of nitrogens with zero attached hydrogens (tertiary/aromatic N) is 1. The van der Waals surface area contributed by atoms with E-state index in [0.29, 0.717) is 19.0 Å². The predicted octanol–water partition coefficient (Wildman–Crippen LogP) is 3.34. The molecule has 24 heavy (non-hydrogen) atoms. The van der Waals surface area contributed by atoms with Crippen molar-refractivity contribution in [1.29, 1.82) is 0 Å².